The van der Waals surface area contributed by atoms with Gasteiger partial charge in [-0.3, -0.25) is 10.1 Å². The van der Waals surface area contributed by atoms with E-state index in [2.05, 4.69) is 15.7 Å². The number of para-hydroxylation sites is 1. The van der Waals surface area contributed by atoms with Crippen molar-refractivity contribution in [2.75, 3.05) is 14.2 Å². The van der Waals surface area contributed by atoms with Crippen LogP contribution in [0, 0.1) is 0 Å². The number of benzene rings is 2. The summed E-state index contributed by atoms with van der Waals surface area (Å²) in [6.07, 6.45) is 0.356. The quantitative estimate of drug-likeness (QED) is 0.591. The summed E-state index contributed by atoms with van der Waals surface area (Å²) in [4.78, 5) is 36.3. The molecule has 0 bridgehead atoms. The largest absolute Gasteiger partial charge is 0.497 e. The first-order chi connectivity index (χ1) is 14.9. The Hall–Kier alpha value is -4.14. The predicted octanol–water partition coefficient (Wildman–Crippen LogP) is 2.55. The summed E-state index contributed by atoms with van der Waals surface area (Å²) in [6, 6.07) is 15.6. The topological polar surface area (TPSA) is 112 Å². The molecular formula is C22H22N4O5. The molecule has 0 aliphatic carbocycles. The van der Waals surface area contributed by atoms with Crippen molar-refractivity contribution in [2.24, 2.45) is 0 Å². The highest BCUT2D eigenvalue weighted by Crippen LogP contribution is 2.26. The predicted molar refractivity (Wildman–Crippen MR) is 113 cm³/mol. The number of ether oxygens (including phenoxy) is 2. The third-order valence-corrected chi connectivity index (χ3v) is 4.44. The van der Waals surface area contributed by atoms with Gasteiger partial charge in [0.25, 0.3) is 5.91 Å². The number of carbonyl (C=O) groups excluding carboxylic acids is 3. The lowest BCUT2D eigenvalue weighted by Gasteiger charge is -2.12. The first kappa shape index (κ1) is 21.6. The van der Waals surface area contributed by atoms with Crippen molar-refractivity contribution in [1.29, 1.82) is 0 Å². The summed E-state index contributed by atoms with van der Waals surface area (Å²) >= 11 is 0. The number of nitrogens with zero attached hydrogens (tertiary/aromatic N) is 2. The van der Waals surface area contributed by atoms with Crippen LogP contribution in [0.25, 0.3) is 16.9 Å². The van der Waals surface area contributed by atoms with Crippen LogP contribution in [-0.2, 0) is 9.53 Å². The van der Waals surface area contributed by atoms with Crippen molar-refractivity contribution in [2.45, 2.75) is 13.0 Å². The van der Waals surface area contributed by atoms with Crippen LogP contribution >= 0.6 is 0 Å². The molecule has 0 saturated heterocycles. The van der Waals surface area contributed by atoms with Gasteiger partial charge in [0.15, 0.2) is 6.10 Å². The molecule has 31 heavy (non-hydrogen) atoms. The van der Waals surface area contributed by atoms with Gasteiger partial charge in [-0.05, 0) is 43.3 Å². The van der Waals surface area contributed by atoms with Gasteiger partial charge in [0, 0.05) is 18.8 Å². The second-order valence-corrected chi connectivity index (χ2v) is 6.52. The molecular weight excluding hydrogens is 400 g/mol. The highest BCUT2D eigenvalue weighted by Gasteiger charge is 2.25. The number of urea groups is 1. The first-order valence-electron chi connectivity index (χ1n) is 9.46. The van der Waals surface area contributed by atoms with Crippen molar-refractivity contribution in [3.63, 3.8) is 0 Å². The molecule has 160 valence electrons. The van der Waals surface area contributed by atoms with E-state index in [1.54, 1.807) is 42.3 Å². The fourth-order valence-electron chi connectivity index (χ4n) is 2.75. The van der Waals surface area contributed by atoms with Crippen molar-refractivity contribution in [3.05, 3.63) is 66.4 Å². The Morgan fingerprint density at radius 2 is 1.71 bits per heavy atom. The average Bonchev–Trinajstić information content (AvgIpc) is 3.25. The van der Waals surface area contributed by atoms with E-state index in [4.69, 9.17) is 9.47 Å². The van der Waals surface area contributed by atoms with E-state index < -0.39 is 24.0 Å². The number of amides is 3. The number of aromatic nitrogens is 2. The fourth-order valence-corrected chi connectivity index (χ4v) is 2.75. The molecule has 0 aliphatic heterocycles. The number of hydrogen-bond donors (Lipinski definition) is 2. The highest BCUT2D eigenvalue weighted by molar-refractivity contribution is 6.00. The fraction of sp³-hybridized carbons (Fsp3) is 0.182. The summed E-state index contributed by atoms with van der Waals surface area (Å²) in [7, 11) is 2.94. The van der Waals surface area contributed by atoms with Crippen molar-refractivity contribution < 1.29 is 23.9 Å². The van der Waals surface area contributed by atoms with Gasteiger partial charge >= 0.3 is 12.0 Å². The number of rotatable bonds is 6. The van der Waals surface area contributed by atoms with Gasteiger partial charge in [0.1, 0.15) is 17.0 Å². The van der Waals surface area contributed by atoms with Crippen molar-refractivity contribution in [1.82, 2.24) is 20.4 Å². The molecule has 0 saturated carbocycles. The Bertz CT molecular complexity index is 1080. The standard InChI is InChI=1S/C22H22N4O5/c1-14(20(27)24-22(29)23-2)31-21(28)18-13-26(16-7-5-4-6-8-16)25-19(18)15-9-11-17(30-3)12-10-15/h4-14H,1-3H3,(H2,23,24,27,29). The highest BCUT2D eigenvalue weighted by atomic mass is 16.5. The van der Waals surface area contributed by atoms with E-state index in [1.807, 2.05) is 30.3 Å². The third kappa shape index (κ3) is 5.08. The maximum absolute atomic E-state index is 12.9. The zero-order valence-corrected chi connectivity index (χ0v) is 17.3. The van der Waals surface area contributed by atoms with Crippen LogP contribution in [0.2, 0.25) is 0 Å². The number of methoxy groups -OCH3 is 1. The van der Waals surface area contributed by atoms with Gasteiger partial charge in [-0.2, -0.15) is 5.10 Å². The third-order valence-electron chi connectivity index (χ3n) is 4.44. The lowest BCUT2D eigenvalue weighted by Crippen LogP contribution is -2.43. The lowest BCUT2D eigenvalue weighted by atomic mass is 10.1. The minimum Gasteiger partial charge on any atom is -0.497 e. The Labute approximate surface area is 179 Å². The SMILES string of the molecule is CNC(=O)NC(=O)C(C)OC(=O)c1cn(-c2ccccc2)nc1-c1ccc(OC)cc1. The first-order valence-corrected chi connectivity index (χ1v) is 9.46. The smallest absolute Gasteiger partial charge is 0.342 e. The minimum absolute atomic E-state index is 0.175. The van der Waals surface area contributed by atoms with Gasteiger partial charge in [-0.15, -0.1) is 0 Å². The summed E-state index contributed by atoms with van der Waals surface area (Å²) in [5.41, 5.74) is 1.98. The molecule has 3 rings (SSSR count). The summed E-state index contributed by atoms with van der Waals surface area (Å²) in [6.45, 7) is 1.38. The molecule has 2 aromatic carbocycles. The van der Waals surface area contributed by atoms with E-state index in [-0.39, 0.29) is 5.56 Å². The van der Waals surface area contributed by atoms with Crippen LogP contribution in [0.4, 0.5) is 4.79 Å². The molecule has 1 unspecified atom stereocenters. The van der Waals surface area contributed by atoms with Crippen LogP contribution in [-0.4, -0.2) is 47.9 Å². The van der Waals surface area contributed by atoms with Crippen molar-refractivity contribution in [3.8, 4) is 22.7 Å². The molecule has 1 heterocycles. The number of imide groups is 1. The molecule has 0 spiro atoms. The molecule has 3 aromatic rings. The Balaban J connectivity index is 1.93. The maximum Gasteiger partial charge on any atom is 0.342 e. The maximum atomic E-state index is 12.9. The molecule has 1 atom stereocenters. The Morgan fingerprint density at radius 3 is 2.32 bits per heavy atom. The monoisotopic (exact) mass is 422 g/mol. The van der Waals surface area contributed by atoms with E-state index in [1.165, 1.54) is 14.0 Å². The Kier molecular flexibility index (Phi) is 6.66. The molecule has 3 amide bonds. The number of nitrogens with one attached hydrogen (secondary N) is 2. The van der Waals surface area contributed by atoms with Crippen LogP contribution in [0.1, 0.15) is 17.3 Å². The molecule has 2 N–H and O–H groups in total. The normalized spacial score (nSPS) is 11.3. The summed E-state index contributed by atoms with van der Waals surface area (Å²) in [5, 5.41) is 8.89. The minimum atomic E-state index is -1.19. The van der Waals surface area contributed by atoms with Gasteiger partial charge in [-0.1, -0.05) is 18.2 Å². The molecule has 9 heteroatoms. The molecule has 0 fully saturated rings. The van der Waals surface area contributed by atoms with E-state index >= 15 is 0 Å². The molecule has 0 aliphatic rings. The number of carbonyl (C=O) groups is 3. The lowest BCUT2D eigenvalue weighted by molar-refractivity contribution is -0.127. The van der Waals surface area contributed by atoms with Crippen LogP contribution < -0.4 is 15.4 Å². The van der Waals surface area contributed by atoms with Crippen molar-refractivity contribution >= 4 is 17.9 Å². The van der Waals surface area contributed by atoms with Gasteiger partial charge in [0.05, 0.1) is 12.8 Å². The van der Waals surface area contributed by atoms with Gasteiger partial charge in [0.2, 0.25) is 0 Å². The summed E-state index contributed by atoms with van der Waals surface area (Å²) in [5.74, 6) is -0.823. The van der Waals surface area contributed by atoms with Crippen LogP contribution in [0.15, 0.2) is 60.8 Å². The van der Waals surface area contributed by atoms with Gasteiger partial charge in [-0.25, -0.2) is 14.3 Å². The zero-order valence-electron chi connectivity index (χ0n) is 17.3. The van der Waals surface area contributed by atoms with Crippen LogP contribution in [0.5, 0.6) is 5.75 Å². The van der Waals surface area contributed by atoms with E-state index in [9.17, 15) is 14.4 Å². The number of esters is 1. The molecule has 0 radical (unpaired) electrons. The molecule has 1 aromatic heterocycles. The number of hydrogen-bond acceptors (Lipinski definition) is 6. The zero-order chi connectivity index (χ0) is 22.4. The van der Waals surface area contributed by atoms with Gasteiger partial charge < -0.3 is 14.8 Å². The van der Waals surface area contributed by atoms with E-state index in [0.29, 0.717) is 17.0 Å². The Morgan fingerprint density at radius 1 is 1.03 bits per heavy atom. The van der Waals surface area contributed by atoms with E-state index in [0.717, 1.165) is 5.69 Å². The second-order valence-electron chi connectivity index (χ2n) is 6.52. The second kappa shape index (κ2) is 9.57. The summed E-state index contributed by atoms with van der Waals surface area (Å²) < 4.78 is 12.0. The average molecular weight is 422 g/mol. The molecule has 9 nitrogen and oxygen atoms in total. The van der Waals surface area contributed by atoms with Crippen LogP contribution in [0.3, 0.4) is 0 Å².